The van der Waals surface area contributed by atoms with Crippen molar-refractivity contribution in [2.45, 2.75) is 39.5 Å². The van der Waals surface area contributed by atoms with Crippen LogP contribution in [0.5, 0.6) is 0 Å². The number of ketones is 1. The number of aliphatic hydroxyl groups is 1. The zero-order valence-corrected chi connectivity index (χ0v) is 12.2. The van der Waals surface area contributed by atoms with Gasteiger partial charge in [0, 0.05) is 30.4 Å². The normalized spacial score (nSPS) is 27.8. The molecule has 114 valence electrons. The van der Waals surface area contributed by atoms with Gasteiger partial charge in [0.05, 0.1) is 5.57 Å². The van der Waals surface area contributed by atoms with Crippen LogP contribution in [-0.4, -0.2) is 28.4 Å². The van der Waals surface area contributed by atoms with E-state index in [4.69, 9.17) is 5.41 Å². The molecule has 0 spiro atoms. The number of hydrogen-bond donors (Lipinski definition) is 3. The fourth-order valence-corrected chi connectivity index (χ4v) is 3.06. The maximum Gasteiger partial charge on any atom is 0.226 e. The molecule has 0 radical (unpaired) electrons. The van der Waals surface area contributed by atoms with Crippen LogP contribution in [0.15, 0.2) is 11.3 Å². The minimum atomic E-state index is -0.348. The zero-order chi connectivity index (χ0) is 15.7. The SMILES string of the molecule is C[C@@H]1C[C@@H](C)C(O)=C(C(=N)CC2CC(=O)NC(=O)C2)C1=O. The standard InChI is InChI=1S/C15H20N2O4/c1-7-3-8(2)15(21)13(14(7)20)10(16)4-9-5-11(18)17-12(19)6-9/h7-9,16,20H,3-6H2,1-2H3,(H,17,18,19)/t7-,8-/m1/s1. The average Bonchev–Trinajstić information content (AvgIpc) is 2.35. The monoisotopic (exact) mass is 292 g/mol. The minimum Gasteiger partial charge on any atom is -0.511 e. The van der Waals surface area contributed by atoms with Crippen LogP contribution in [0.25, 0.3) is 0 Å². The lowest BCUT2D eigenvalue weighted by molar-refractivity contribution is -0.134. The van der Waals surface area contributed by atoms with Gasteiger partial charge >= 0.3 is 0 Å². The lowest BCUT2D eigenvalue weighted by atomic mass is 9.78. The molecule has 1 heterocycles. The van der Waals surface area contributed by atoms with Gasteiger partial charge < -0.3 is 10.5 Å². The molecule has 0 aromatic carbocycles. The second kappa shape index (κ2) is 5.79. The summed E-state index contributed by atoms with van der Waals surface area (Å²) in [6, 6.07) is 0. The number of amides is 2. The lowest BCUT2D eigenvalue weighted by Crippen LogP contribution is -2.39. The highest BCUT2D eigenvalue weighted by molar-refractivity contribution is 6.22. The van der Waals surface area contributed by atoms with Crippen LogP contribution in [0.3, 0.4) is 0 Å². The van der Waals surface area contributed by atoms with Gasteiger partial charge in [-0.1, -0.05) is 13.8 Å². The van der Waals surface area contributed by atoms with Crippen molar-refractivity contribution in [2.24, 2.45) is 17.8 Å². The third kappa shape index (κ3) is 3.20. The summed E-state index contributed by atoms with van der Waals surface area (Å²) in [5, 5.41) is 20.4. The second-order valence-electron chi connectivity index (χ2n) is 6.09. The van der Waals surface area contributed by atoms with Crippen LogP contribution in [0.1, 0.15) is 39.5 Å². The van der Waals surface area contributed by atoms with Gasteiger partial charge in [-0.15, -0.1) is 0 Å². The molecule has 21 heavy (non-hydrogen) atoms. The number of nitrogens with one attached hydrogen (secondary N) is 2. The summed E-state index contributed by atoms with van der Waals surface area (Å²) in [7, 11) is 0. The molecule has 6 nitrogen and oxygen atoms in total. The molecule has 0 aromatic heterocycles. The van der Waals surface area contributed by atoms with E-state index >= 15 is 0 Å². The smallest absolute Gasteiger partial charge is 0.226 e. The fourth-order valence-electron chi connectivity index (χ4n) is 3.06. The van der Waals surface area contributed by atoms with Gasteiger partial charge in [0.25, 0.3) is 0 Å². The van der Waals surface area contributed by atoms with Crippen molar-refractivity contribution in [1.29, 1.82) is 5.41 Å². The van der Waals surface area contributed by atoms with E-state index in [1.165, 1.54) is 0 Å². The molecule has 3 N–H and O–H groups in total. The molecule has 2 atom stereocenters. The van der Waals surface area contributed by atoms with E-state index in [9.17, 15) is 19.5 Å². The topological polar surface area (TPSA) is 107 Å². The maximum atomic E-state index is 12.2. The Kier molecular flexibility index (Phi) is 4.25. The van der Waals surface area contributed by atoms with E-state index in [2.05, 4.69) is 5.32 Å². The van der Waals surface area contributed by atoms with Crippen molar-refractivity contribution < 1.29 is 19.5 Å². The molecule has 0 unspecified atom stereocenters. The summed E-state index contributed by atoms with van der Waals surface area (Å²) in [6.07, 6.45) is 1.07. The molecular formula is C15H20N2O4. The average molecular weight is 292 g/mol. The Hall–Kier alpha value is -1.98. The van der Waals surface area contributed by atoms with E-state index in [1.807, 2.05) is 6.92 Å². The van der Waals surface area contributed by atoms with E-state index in [-0.39, 0.29) is 71.7 Å². The molecule has 1 aliphatic carbocycles. The van der Waals surface area contributed by atoms with Gasteiger partial charge in [-0.3, -0.25) is 19.7 Å². The number of aliphatic hydroxyl groups excluding tert-OH is 1. The summed E-state index contributed by atoms with van der Waals surface area (Å²) in [5.74, 6) is -1.60. The van der Waals surface area contributed by atoms with Gasteiger partial charge in [-0.2, -0.15) is 0 Å². The molecule has 0 saturated carbocycles. The Morgan fingerprint density at radius 1 is 1.19 bits per heavy atom. The number of carbonyl (C=O) groups is 3. The largest absolute Gasteiger partial charge is 0.511 e. The first-order valence-electron chi connectivity index (χ1n) is 7.17. The minimum absolute atomic E-state index is 0.0309. The Morgan fingerprint density at radius 2 is 1.76 bits per heavy atom. The molecule has 2 amide bonds. The highest BCUT2D eigenvalue weighted by atomic mass is 16.3. The highest BCUT2D eigenvalue weighted by Crippen LogP contribution is 2.32. The molecule has 1 aliphatic heterocycles. The van der Waals surface area contributed by atoms with E-state index < -0.39 is 0 Å². The molecular weight excluding hydrogens is 272 g/mol. The number of hydrogen-bond acceptors (Lipinski definition) is 5. The lowest BCUT2D eigenvalue weighted by Gasteiger charge is -2.27. The number of rotatable bonds is 3. The number of piperidine rings is 1. The van der Waals surface area contributed by atoms with Crippen molar-refractivity contribution in [3.05, 3.63) is 11.3 Å². The van der Waals surface area contributed by atoms with Gasteiger partial charge in [0.2, 0.25) is 11.8 Å². The van der Waals surface area contributed by atoms with E-state index in [0.29, 0.717) is 6.42 Å². The Labute approximate surface area is 123 Å². The molecule has 2 rings (SSSR count). The van der Waals surface area contributed by atoms with Crippen LogP contribution in [0, 0.1) is 23.2 Å². The highest BCUT2D eigenvalue weighted by Gasteiger charge is 2.35. The molecule has 6 heteroatoms. The van der Waals surface area contributed by atoms with Crippen molar-refractivity contribution in [3.8, 4) is 0 Å². The fraction of sp³-hybridized carbons (Fsp3) is 0.600. The predicted octanol–water partition coefficient (Wildman–Crippen LogP) is 1.51. The zero-order valence-electron chi connectivity index (χ0n) is 12.2. The van der Waals surface area contributed by atoms with Crippen LogP contribution in [-0.2, 0) is 14.4 Å². The Balaban J connectivity index is 2.15. The molecule has 1 fully saturated rings. The number of carbonyl (C=O) groups excluding carboxylic acids is 3. The number of imide groups is 1. The molecule has 0 bridgehead atoms. The molecule has 2 aliphatic rings. The van der Waals surface area contributed by atoms with E-state index in [0.717, 1.165) is 0 Å². The quantitative estimate of drug-likeness (QED) is 0.541. The summed E-state index contributed by atoms with van der Waals surface area (Å²) in [6.45, 7) is 3.61. The van der Waals surface area contributed by atoms with E-state index in [1.54, 1.807) is 6.92 Å². The van der Waals surface area contributed by atoms with Crippen molar-refractivity contribution in [2.75, 3.05) is 0 Å². The van der Waals surface area contributed by atoms with Gasteiger partial charge in [0.1, 0.15) is 5.76 Å². The summed E-state index contributed by atoms with van der Waals surface area (Å²) in [4.78, 5) is 34.9. The predicted molar refractivity (Wildman–Crippen MR) is 75.8 cm³/mol. The Bertz CT molecular complexity index is 534. The third-order valence-electron chi connectivity index (χ3n) is 4.15. The summed E-state index contributed by atoms with van der Waals surface area (Å²) >= 11 is 0. The second-order valence-corrected chi connectivity index (χ2v) is 6.09. The first kappa shape index (κ1) is 15.4. The van der Waals surface area contributed by atoms with Gasteiger partial charge in [-0.05, 0) is 18.8 Å². The molecule has 0 aromatic rings. The van der Waals surface area contributed by atoms with Crippen molar-refractivity contribution in [1.82, 2.24) is 5.32 Å². The van der Waals surface area contributed by atoms with Crippen LogP contribution < -0.4 is 5.32 Å². The number of Topliss-reactive ketones (excluding diaryl/α,β-unsaturated/α-hetero) is 1. The van der Waals surface area contributed by atoms with Gasteiger partial charge in [-0.25, -0.2) is 0 Å². The first-order chi connectivity index (χ1) is 9.79. The first-order valence-corrected chi connectivity index (χ1v) is 7.17. The summed E-state index contributed by atoms with van der Waals surface area (Å²) < 4.78 is 0. The third-order valence-corrected chi connectivity index (χ3v) is 4.15. The Morgan fingerprint density at radius 3 is 2.33 bits per heavy atom. The van der Waals surface area contributed by atoms with Crippen LogP contribution in [0.2, 0.25) is 0 Å². The van der Waals surface area contributed by atoms with Gasteiger partial charge in [0.15, 0.2) is 5.78 Å². The number of allylic oxidation sites excluding steroid dienone is 2. The van der Waals surface area contributed by atoms with Crippen molar-refractivity contribution in [3.63, 3.8) is 0 Å². The summed E-state index contributed by atoms with van der Waals surface area (Å²) in [5.41, 5.74) is 0.114. The van der Waals surface area contributed by atoms with Crippen LogP contribution >= 0.6 is 0 Å². The molecule has 1 saturated heterocycles. The van der Waals surface area contributed by atoms with Crippen molar-refractivity contribution >= 4 is 23.3 Å². The maximum absolute atomic E-state index is 12.2. The van der Waals surface area contributed by atoms with Crippen LogP contribution in [0.4, 0.5) is 0 Å².